The summed E-state index contributed by atoms with van der Waals surface area (Å²) in [5.41, 5.74) is 2.61. The van der Waals surface area contributed by atoms with E-state index in [-0.39, 0.29) is 6.04 Å². The van der Waals surface area contributed by atoms with E-state index in [1.807, 2.05) is 6.92 Å². The highest BCUT2D eigenvalue weighted by Gasteiger charge is 2.14. The van der Waals surface area contributed by atoms with Gasteiger partial charge in [-0.05, 0) is 38.8 Å². The number of likely N-dealkylation sites (tertiary alicyclic amines) is 1. The van der Waals surface area contributed by atoms with Crippen LogP contribution < -0.4 is 16.6 Å². The number of hydrogen-bond acceptors (Lipinski definition) is 4. The number of guanidine groups is 1. The van der Waals surface area contributed by atoms with Gasteiger partial charge < -0.3 is 15.0 Å². The standard InChI is InChI=1S/C13H29N5O/c1-11(9-18-6-4-5-7-18)8-15-13(17-14)16-12(2)10-19-3/h11-12H,4-10,14H2,1-3H3,(H2,15,16,17). The topological polar surface area (TPSA) is 74.9 Å². The summed E-state index contributed by atoms with van der Waals surface area (Å²) in [6, 6.07) is 0.189. The first-order valence-electron chi connectivity index (χ1n) is 7.14. The molecule has 0 aromatic heterocycles. The summed E-state index contributed by atoms with van der Waals surface area (Å²) in [5, 5.41) is 3.19. The van der Waals surface area contributed by atoms with Crippen LogP contribution in [0.2, 0.25) is 0 Å². The first-order chi connectivity index (χ1) is 9.15. The van der Waals surface area contributed by atoms with Crippen molar-refractivity contribution in [2.24, 2.45) is 16.8 Å². The molecule has 0 aromatic rings. The predicted molar refractivity (Wildman–Crippen MR) is 78.9 cm³/mol. The van der Waals surface area contributed by atoms with Gasteiger partial charge in [0, 0.05) is 26.2 Å². The first kappa shape index (κ1) is 16.2. The molecule has 0 radical (unpaired) electrons. The molecule has 0 spiro atoms. The summed E-state index contributed by atoms with van der Waals surface area (Å²) in [6.45, 7) is 9.26. The van der Waals surface area contributed by atoms with Crippen molar-refractivity contribution in [3.8, 4) is 0 Å². The molecule has 1 aliphatic heterocycles. The lowest BCUT2D eigenvalue weighted by atomic mass is 10.2. The monoisotopic (exact) mass is 271 g/mol. The van der Waals surface area contributed by atoms with Crippen LogP contribution in [0.3, 0.4) is 0 Å². The number of nitrogens with two attached hydrogens (primary N) is 1. The van der Waals surface area contributed by atoms with Crippen LogP contribution in [0.4, 0.5) is 0 Å². The van der Waals surface area contributed by atoms with E-state index in [1.54, 1.807) is 7.11 Å². The third-order valence-electron chi connectivity index (χ3n) is 3.27. The highest BCUT2D eigenvalue weighted by atomic mass is 16.5. The second-order valence-electron chi connectivity index (χ2n) is 5.45. The van der Waals surface area contributed by atoms with Crippen molar-refractivity contribution in [3.05, 3.63) is 0 Å². The number of rotatable bonds is 7. The molecule has 0 amide bonds. The van der Waals surface area contributed by atoms with Crippen LogP contribution >= 0.6 is 0 Å². The SMILES string of the molecule is COCC(C)NC(=NCC(C)CN1CCCC1)NN. The third kappa shape index (κ3) is 6.75. The quantitative estimate of drug-likeness (QED) is 0.266. The molecule has 0 bridgehead atoms. The van der Waals surface area contributed by atoms with Gasteiger partial charge >= 0.3 is 0 Å². The Morgan fingerprint density at radius 1 is 1.37 bits per heavy atom. The summed E-state index contributed by atoms with van der Waals surface area (Å²) < 4.78 is 5.07. The molecular weight excluding hydrogens is 242 g/mol. The minimum atomic E-state index is 0.189. The van der Waals surface area contributed by atoms with Gasteiger partial charge in [0.05, 0.1) is 6.61 Å². The molecule has 1 heterocycles. The number of ether oxygens (including phenoxy) is 1. The summed E-state index contributed by atoms with van der Waals surface area (Å²) in [6.07, 6.45) is 2.67. The summed E-state index contributed by atoms with van der Waals surface area (Å²) in [5.74, 6) is 6.65. The normalized spacial score (nSPS) is 20.3. The van der Waals surface area contributed by atoms with E-state index in [4.69, 9.17) is 10.6 Å². The number of nitrogens with one attached hydrogen (secondary N) is 2. The molecule has 1 saturated heterocycles. The smallest absolute Gasteiger partial charge is 0.206 e. The van der Waals surface area contributed by atoms with Crippen LogP contribution in [-0.4, -0.2) is 56.8 Å². The summed E-state index contributed by atoms with van der Waals surface area (Å²) in [7, 11) is 1.68. The van der Waals surface area contributed by atoms with Crippen molar-refractivity contribution >= 4 is 5.96 Å². The van der Waals surface area contributed by atoms with E-state index >= 15 is 0 Å². The van der Waals surface area contributed by atoms with Crippen molar-refractivity contribution in [3.63, 3.8) is 0 Å². The number of aliphatic imine (C=N–C) groups is 1. The molecule has 6 nitrogen and oxygen atoms in total. The van der Waals surface area contributed by atoms with Crippen molar-refractivity contribution in [1.29, 1.82) is 0 Å². The minimum Gasteiger partial charge on any atom is -0.383 e. The largest absolute Gasteiger partial charge is 0.383 e. The zero-order chi connectivity index (χ0) is 14.1. The molecule has 2 unspecified atom stereocenters. The summed E-state index contributed by atoms with van der Waals surface area (Å²) in [4.78, 5) is 7.00. The maximum Gasteiger partial charge on any atom is 0.206 e. The van der Waals surface area contributed by atoms with Gasteiger partial charge in [0.2, 0.25) is 5.96 Å². The molecule has 1 fully saturated rings. The Balaban J connectivity index is 2.29. The Bertz CT molecular complexity index is 266. The van der Waals surface area contributed by atoms with Gasteiger partial charge in [0.25, 0.3) is 0 Å². The van der Waals surface area contributed by atoms with E-state index < -0.39 is 0 Å². The van der Waals surface area contributed by atoms with E-state index in [0.29, 0.717) is 18.5 Å². The second kappa shape index (κ2) is 9.12. The molecule has 0 aromatic carbocycles. The van der Waals surface area contributed by atoms with E-state index in [9.17, 15) is 0 Å². The van der Waals surface area contributed by atoms with Crippen molar-refractivity contribution in [2.75, 3.05) is 39.9 Å². The maximum absolute atomic E-state index is 5.47. The molecule has 0 aliphatic carbocycles. The van der Waals surface area contributed by atoms with E-state index in [1.165, 1.54) is 25.9 Å². The lowest BCUT2D eigenvalue weighted by Gasteiger charge is -2.20. The Hall–Kier alpha value is -0.850. The summed E-state index contributed by atoms with van der Waals surface area (Å²) >= 11 is 0. The fraction of sp³-hybridized carbons (Fsp3) is 0.923. The van der Waals surface area contributed by atoms with Crippen LogP contribution in [-0.2, 0) is 4.74 Å². The second-order valence-corrected chi connectivity index (χ2v) is 5.45. The molecule has 1 aliphatic rings. The van der Waals surface area contributed by atoms with Gasteiger partial charge in [0.1, 0.15) is 0 Å². The van der Waals surface area contributed by atoms with Crippen molar-refractivity contribution in [1.82, 2.24) is 15.6 Å². The lowest BCUT2D eigenvalue weighted by Crippen LogP contribution is -2.47. The first-order valence-corrected chi connectivity index (χ1v) is 7.14. The Morgan fingerprint density at radius 3 is 2.63 bits per heavy atom. The molecule has 4 N–H and O–H groups in total. The average molecular weight is 271 g/mol. The maximum atomic E-state index is 5.47. The lowest BCUT2D eigenvalue weighted by molar-refractivity contribution is 0.179. The molecule has 6 heteroatoms. The van der Waals surface area contributed by atoms with Crippen LogP contribution in [0.25, 0.3) is 0 Å². The van der Waals surface area contributed by atoms with Crippen LogP contribution in [0.5, 0.6) is 0 Å². The fourth-order valence-electron chi connectivity index (χ4n) is 2.37. The molecule has 0 saturated carbocycles. The molecular formula is C13H29N5O. The van der Waals surface area contributed by atoms with Crippen LogP contribution in [0, 0.1) is 5.92 Å². The zero-order valence-electron chi connectivity index (χ0n) is 12.5. The molecule has 2 atom stereocenters. The zero-order valence-corrected chi connectivity index (χ0v) is 12.5. The Morgan fingerprint density at radius 2 is 2.05 bits per heavy atom. The number of hydrogen-bond donors (Lipinski definition) is 3. The third-order valence-corrected chi connectivity index (χ3v) is 3.27. The molecule has 112 valence electrons. The van der Waals surface area contributed by atoms with Crippen LogP contribution in [0.1, 0.15) is 26.7 Å². The number of methoxy groups -OCH3 is 1. The van der Waals surface area contributed by atoms with Gasteiger partial charge in [-0.25, -0.2) is 5.84 Å². The average Bonchev–Trinajstić information content (AvgIpc) is 2.87. The molecule has 19 heavy (non-hydrogen) atoms. The number of hydrazine groups is 1. The predicted octanol–water partition coefficient (Wildman–Crippen LogP) is 0.162. The Kier molecular flexibility index (Phi) is 7.78. The highest BCUT2D eigenvalue weighted by molar-refractivity contribution is 5.79. The number of nitrogens with zero attached hydrogens (tertiary/aromatic N) is 2. The van der Waals surface area contributed by atoms with E-state index in [2.05, 4.69) is 27.6 Å². The van der Waals surface area contributed by atoms with Gasteiger partial charge in [-0.3, -0.25) is 10.4 Å². The minimum absolute atomic E-state index is 0.189. The van der Waals surface area contributed by atoms with Gasteiger partial charge in [-0.15, -0.1) is 0 Å². The molecule has 1 rings (SSSR count). The van der Waals surface area contributed by atoms with Crippen molar-refractivity contribution < 1.29 is 4.74 Å². The van der Waals surface area contributed by atoms with Gasteiger partial charge in [-0.2, -0.15) is 0 Å². The Labute approximate surface area is 116 Å². The van der Waals surface area contributed by atoms with Crippen molar-refractivity contribution in [2.45, 2.75) is 32.7 Å². The van der Waals surface area contributed by atoms with Gasteiger partial charge in [-0.1, -0.05) is 6.92 Å². The highest BCUT2D eigenvalue weighted by Crippen LogP contribution is 2.10. The fourth-order valence-corrected chi connectivity index (χ4v) is 2.37. The van der Waals surface area contributed by atoms with Crippen LogP contribution in [0.15, 0.2) is 4.99 Å². The van der Waals surface area contributed by atoms with Gasteiger partial charge in [0.15, 0.2) is 0 Å². The van der Waals surface area contributed by atoms with E-state index in [0.717, 1.165) is 13.1 Å².